The molecule has 2 atom stereocenters. The first-order chi connectivity index (χ1) is 5.70. The van der Waals surface area contributed by atoms with Crippen LogP contribution in [-0.4, -0.2) is 25.2 Å². The van der Waals surface area contributed by atoms with Gasteiger partial charge in [0.1, 0.15) is 0 Å². The van der Waals surface area contributed by atoms with E-state index in [2.05, 4.69) is 38.3 Å². The molecule has 0 amide bonds. The molecular weight excluding hydrogens is 148 g/mol. The summed E-state index contributed by atoms with van der Waals surface area (Å²) in [6, 6.07) is 1.31. The average molecular weight is 172 g/mol. The van der Waals surface area contributed by atoms with Crippen molar-refractivity contribution in [2.75, 3.05) is 13.1 Å². The van der Waals surface area contributed by atoms with Crippen LogP contribution in [0.4, 0.5) is 0 Å². The van der Waals surface area contributed by atoms with Crippen molar-refractivity contribution in [2.24, 2.45) is 0 Å². The smallest absolute Gasteiger partial charge is 0.00793 e. The van der Waals surface area contributed by atoms with E-state index < -0.39 is 0 Å². The zero-order chi connectivity index (χ0) is 9.40. The fourth-order valence-electron chi connectivity index (χ4n) is 0.926. The van der Waals surface area contributed by atoms with Crippen molar-refractivity contribution >= 4 is 0 Å². The zero-order valence-electron chi connectivity index (χ0n) is 8.98. The maximum atomic E-state index is 3.45. The van der Waals surface area contributed by atoms with Gasteiger partial charge in [0.05, 0.1) is 0 Å². The Bertz CT molecular complexity index is 81.8. The van der Waals surface area contributed by atoms with Crippen LogP contribution >= 0.6 is 0 Å². The molecule has 0 aromatic rings. The van der Waals surface area contributed by atoms with E-state index in [0.717, 1.165) is 13.1 Å². The summed E-state index contributed by atoms with van der Waals surface area (Å²) in [4.78, 5) is 0. The van der Waals surface area contributed by atoms with Crippen LogP contribution in [0.3, 0.4) is 0 Å². The second kappa shape index (κ2) is 7.56. The number of hydrogen-bond donors (Lipinski definition) is 2. The normalized spacial score (nSPS) is 16.0. The van der Waals surface area contributed by atoms with Gasteiger partial charge < -0.3 is 10.6 Å². The Morgan fingerprint density at radius 2 is 1.17 bits per heavy atom. The minimum Gasteiger partial charge on any atom is -0.313 e. The van der Waals surface area contributed by atoms with E-state index in [9.17, 15) is 0 Å². The Balaban J connectivity index is 3.10. The van der Waals surface area contributed by atoms with Crippen LogP contribution < -0.4 is 10.6 Å². The molecule has 0 spiro atoms. The Morgan fingerprint density at radius 1 is 0.833 bits per heavy atom. The minimum atomic E-state index is 0.656. The van der Waals surface area contributed by atoms with Crippen LogP contribution in [0.2, 0.25) is 0 Å². The van der Waals surface area contributed by atoms with E-state index >= 15 is 0 Å². The standard InChI is InChI=1S/C10H24N2/c1-5-9(3)11-7-8-12-10(4)6-2/h9-12H,5-8H2,1-4H3/t9-,10-/m0/s1. The fourth-order valence-corrected chi connectivity index (χ4v) is 0.926. The number of rotatable bonds is 7. The topological polar surface area (TPSA) is 24.1 Å². The predicted molar refractivity (Wildman–Crippen MR) is 55.5 cm³/mol. The maximum Gasteiger partial charge on any atom is 0.00793 e. The Kier molecular flexibility index (Phi) is 7.51. The molecule has 2 heteroatoms. The summed E-state index contributed by atoms with van der Waals surface area (Å²) in [5, 5.41) is 6.90. The predicted octanol–water partition coefficient (Wildman–Crippen LogP) is 1.76. The molecule has 0 radical (unpaired) electrons. The summed E-state index contributed by atoms with van der Waals surface area (Å²) >= 11 is 0. The average Bonchev–Trinajstić information content (AvgIpc) is 2.11. The van der Waals surface area contributed by atoms with Crippen molar-refractivity contribution in [3.8, 4) is 0 Å². The van der Waals surface area contributed by atoms with Crippen molar-refractivity contribution in [2.45, 2.75) is 52.6 Å². The molecule has 0 bridgehead atoms. The largest absolute Gasteiger partial charge is 0.313 e. The van der Waals surface area contributed by atoms with E-state index in [1.54, 1.807) is 0 Å². The lowest BCUT2D eigenvalue weighted by molar-refractivity contribution is 0.481. The van der Waals surface area contributed by atoms with Gasteiger partial charge in [-0.2, -0.15) is 0 Å². The maximum absolute atomic E-state index is 3.45. The van der Waals surface area contributed by atoms with Gasteiger partial charge in [-0.15, -0.1) is 0 Å². The van der Waals surface area contributed by atoms with Crippen molar-refractivity contribution in [3.05, 3.63) is 0 Å². The van der Waals surface area contributed by atoms with E-state index in [-0.39, 0.29) is 0 Å². The van der Waals surface area contributed by atoms with Crippen molar-refractivity contribution in [3.63, 3.8) is 0 Å². The number of nitrogens with one attached hydrogen (secondary N) is 2. The van der Waals surface area contributed by atoms with Crippen molar-refractivity contribution in [1.82, 2.24) is 10.6 Å². The highest BCUT2D eigenvalue weighted by atomic mass is 15.0. The third-order valence-corrected chi connectivity index (χ3v) is 2.34. The molecule has 0 heterocycles. The Labute approximate surface area is 77.1 Å². The molecule has 12 heavy (non-hydrogen) atoms. The van der Waals surface area contributed by atoms with Gasteiger partial charge in [-0.3, -0.25) is 0 Å². The van der Waals surface area contributed by atoms with Crippen molar-refractivity contribution in [1.29, 1.82) is 0 Å². The third kappa shape index (κ3) is 6.62. The Hall–Kier alpha value is -0.0800. The lowest BCUT2D eigenvalue weighted by Gasteiger charge is -2.14. The third-order valence-electron chi connectivity index (χ3n) is 2.34. The molecule has 0 unspecified atom stereocenters. The van der Waals surface area contributed by atoms with Crippen LogP contribution in [-0.2, 0) is 0 Å². The van der Waals surface area contributed by atoms with Gasteiger partial charge in [0, 0.05) is 25.2 Å². The molecule has 0 aliphatic heterocycles. The van der Waals surface area contributed by atoms with E-state index in [1.807, 2.05) is 0 Å². The molecule has 0 aromatic heterocycles. The van der Waals surface area contributed by atoms with Crippen molar-refractivity contribution < 1.29 is 0 Å². The van der Waals surface area contributed by atoms with Gasteiger partial charge >= 0.3 is 0 Å². The van der Waals surface area contributed by atoms with E-state index in [1.165, 1.54) is 12.8 Å². The molecule has 0 rings (SSSR count). The first kappa shape index (κ1) is 11.9. The highest BCUT2D eigenvalue weighted by molar-refractivity contribution is 4.62. The molecule has 2 N–H and O–H groups in total. The lowest BCUT2D eigenvalue weighted by Crippen LogP contribution is -2.36. The second-order valence-corrected chi connectivity index (χ2v) is 3.53. The number of hydrogen-bond acceptors (Lipinski definition) is 2. The summed E-state index contributed by atoms with van der Waals surface area (Å²) in [6.45, 7) is 11.0. The zero-order valence-corrected chi connectivity index (χ0v) is 8.98. The summed E-state index contributed by atoms with van der Waals surface area (Å²) in [5.74, 6) is 0. The van der Waals surface area contributed by atoms with E-state index in [4.69, 9.17) is 0 Å². The van der Waals surface area contributed by atoms with Crippen LogP contribution in [0.25, 0.3) is 0 Å². The van der Waals surface area contributed by atoms with Crippen LogP contribution in [0.5, 0.6) is 0 Å². The van der Waals surface area contributed by atoms with E-state index in [0.29, 0.717) is 12.1 Å². The monoisotopic (exact) mass is 172 g/mol. The molecule has 0 saturated heterocycles. The molecule has 0 aliphatic carbocycles. The SMILES string of the molecule is CC[C@H](C)NCCN[C@@H](C)CC. The molecule has 0 fully saturated rings. The molecule has 2 nitrogen and oxygen atoms in total. The summed E-state index contributed by atoms with van der Waals surface area (Å²) in [5.41, 5.74) is 0. The first-order valence-corrected chi connectivity index (χ1v) is 5.17. The fraction of sp³-hybridized carbons (Fsp3) is 1.00. The molecular formula is C10H24N2. The van der Waals surface area contributed by atoms with Gasteiger partial charge in [-0.1, -0.05) is 13.8 Å². The highest BCUT2D eigenvalue weighted by Gasteiger charge is 1.97. The van der Waals surface area contributed by atoms with Crippen LogP contribution in [0, 0.1) is 0 Å². The second-order valence-electron chi connectivity index (χ2n) is 3.53. The molecule has 0 aliphatic rings. The van der Waals surface area contributed by atoms with Crippen LogP contribution in [0.15, 0.2) is 0 Å². The van der Waals surface area contributed by atoms with Gasteiger partial charge in [-0.05, 0) is 26.7 Å². The first-order valence-electron chi connectivity index (χ1n) is 5.17. The summed E-state index contributed by atoms with van der Waals surface area (Å²) in [6.07, 6.45) is 2.42. The van der Waals surface area contributed by atoms with Gasteiger partial charge in [0.25, 0.3) is 0 Å². The van der Waals surface area contributed by atoms with Gasteiger partial charge in [0.15, 0.2) is 0 Å². The summed E-state index contributed by atoms with van der Waals surface area (Å²) in [7, 11) is 0. The Morgan fingerprint density at radius 3 is 1.42 bits per heavy atom. The minimum absolute atomic E-state index is 0.656. The van der Waals surface area contributed by atoms with Crippen LogP contribution in [0.1, 0.15) is 40.5 Å². The highest BCUT2D eigenvalue weighted by Crippen LogP contribution is 1.87. The molecule has 0 saturated carbocycles. The van der Waals surface area contributed by atoms with Gasteiger partial charge in [-0.25, -0.2) is 0 Å². The quantitative estimate of drug-likeness (QED) is 0.572. The van der Waals surface area contributed by atoms with Gasteiger partial charge in [0.2, 0.25) is 0 Å². The molecule has 0 aromatic carbocycles. The summed E-state index contributed by atoms with van der Waals surface area (Å²) < 4.78 is 0. The lowest BCUT2D eigenvalue weighted by atomic mass is 10.2. The molecule has 74 valence electrons.